The Morgan fingerprint density at radius 2 is 1.68 bits per heavy atom. The molecular formula is C23H17N3O2. The number of benzene rings is 2. The van der Waals surface area contributed by atoms with Crippen LogP contribution < -0.4 is 0 Å². The third-order valence-electron chi connectivity index (χ3n) is 4.34. The summed E-state index contributed by atoms with van der Waals surface area (Å²) in [6.45, 7) is 0. The lowest BCUT2D eigenvalue weighted by atomic mass is 10.1. The van der Waals surface area contributed by atoms with E-state index in [4.69, 9.17) is 5.11 Å². The third kappa shape index (κ3) is 3.88. The van der Waals surface area contributed by atoms with Gasteiger partial charge in [-0.2, -0.15) is 5.10 Å². The van der Waals surface area contributed by atoms with Crippen LogP contribution in [0.4, 0.5) is 0 Å². The molecule has 0 aliphatic rings. The Morgan fingerprint density at radius 1 is 0.893 bits per heavy atom. The molecule has 5 nitrogen and oxygen atoms in total. The van der Waals surface area contributed by atoms with Gasteiger partial charge in [-0.25, -0.2) is 4.79 Å². The van der Waals surface area contributed by atoms with Crippen molar-refractivity contribution in [2.75, 3.05) is 0 Å². The fourth-order valence-electron chi connectivity index (χ4n) is 2.90. The number of nitrogens with zero attached hydrogens (tertiary/aromatic N) is 2. The van der Waals surface area contributed by atoms with Gasteiger partial charge in [-0.1, -0.05) is 42.5 Å². The molecule has 0 atom stereocenters. The third-order valence-corrected chi connectivity index (χ3v) is 4.34. The number of hydrogen-bond donors (Lipinski definition) is 2. The molecular weight excluding hydrogens is 350 g/mol. The molecule has 4 rings (SSSR count). The number of carbonyl (C=O) groups is 1. The van der Waals surface area contributed by atoms with E-state index >= 15 is 0 Å². The molecule has 0 saturated heterocycles. The van der Waals surface area contributed by atoms with E-state index < -0.39 is 5.97 Å². The number of carboxylic acid groups (broad SMARTS) is 1. The highest BCUT2D eigenvalue weighted by molar-refractivity contribution is 5.92. The van der Waals surface area contributed by atoms with Crippen LogP contribution in [0.5, 0.6) is 0 Å². The van der Waals surface area contributed by atoms with Gasteiger partial charge in [-0.05, 0) is 53.1 Å². The number of carboxylic acids is 1. The maximum atomic E-state index is 11.1. The molecule has 0 saturated carbocycles. The normalized spacial score (nSPS) is 11.6. The number of aromatic carboxylic acids is 1. The molecule has 136 valence electrons. The number of aromatic amines is 1. The first-order chi connectivity index (χ1) is 13.7. The fraction of sp³-hybridized carbons (Fsp3) is 0. The Hall–Kier alpha value is -3.99. The first kappa shape index (κ1) is 17.4. The van der Waals surface area contributed by atoms with Crippen LogP contribution in [-0.4, -0.2) is 26.3 Å². The fourth-order valence-corrected chi connectivity index (χ4v) is 2.90. The van der Waals surface area contributed by atoms with Gasteiger partial charge in [0.05, 0.1) is 16.8 Å². The highest BCUT2D eigenvalue weighted by atomic mass is 16.4. The Kier molecular flexibility index (Phi) is 4.80. The molecule has 5 heteroatoms. The van der Waals surface area contributed by atoms with E-state index in [9.17, 15) is 4.79 Å². The van der Waals surface area contributed by atoms with Gasteiger partial charge >= 0.3 is 5.97 Å². The van der Waals surface area contributed by atoms with Crippen molar-refractivity contribution in [2.45, 2.75) is 0 Å². The van der Waals surface area contributed by atoms with Crippen molar-refractivity contribution in [3.8, 4) is 0 Å². The van der Waals surface area contributed by atoms with Crippen molar-refractivity contribution in [2.24, 2.45) is 0 Å². The summed E-state index contributed by atoms with van der Waals surface area (Å²) < 4.78 is 0. The van der Waals surface area contributed by atoms with Crippen LogP contribution in [0.2, 0.25) is 0 Å². The summed E-state index contributed by atoms with van der Waals surface area (Å²) in [6.07, 6.45) is 11.3. The maximum absolute atomic E-state index is 11.1. The lowest BCUT2D eigenvalue weighted by Gasteiger charge is -1.98. The Balaban J connectivity index is 1.61. The molecule has 2 aromatic carbocycles. The number of rotatable bonds is 5. The van der Waals surface area contributed by atoms with Gasteiger partial charge in [-0.15, -0.1) is 0 Å². The minimum Gasteiger partial charge on any atom is -0.478 e. The van der Waals surface area contributed by atoms with E-state index in [1.54, 1.807) is 30.6 Å². The van der Waals surface area contributed by atoms with Crippen LogP contribution in [-0.2, 0) is 0 Å². The molecule has 0 spiro atoms. The molecule has 0 fully saturated rings. The van der Waals surface area contributed by atoms with Crippen LogP contribution in [0.3, 0.4) is 0 Å². The summed E-state index contributed by atoms with van der Waals surface area (Å²) in [5, 5.41) is 17.5. The zero-order valence-electron chi connectivity index (χ0n) is 14.9. The van der Waals surface area contributed by atoms with Gasteiger partial charge in [0, 0.05) is 17.8 Å². The van der Waals surface area contributed by atoms with E-state index in [0.29, 0.717) is 0 Å². The minimum atomic E-state index is -0.930. The number of nitrogens with one attached hydrogen (secondary N) is 1. The molecule has 0 amide bonds. The molecule has 0 unspecified atom stereocenters. The van der Waals surface area contributed by atoms with Crippen LogP contribution in [0.15, 0.2) is 67.0 Å². The second-order valence-corrected chi connectivity index (χ2v) is 6.30. The summed E-state index contributed by atoms with van der Waals surface area (Å²) in [5.74, 6) is -0.930. The van der Waals surface area contributed by atoms with Crippen molar-refractivity contribution in [3.05, 3.63) is 94.9 Å². The van der Waals surface area contributed by atoms with Gasteiger partial charge in [0.1, 0.15) is 0 Å². The van der Waals surface area contributed by atoms with Crippen LogP contribution >= 0.6 is 0 Å². The lowest BCUT2D eigenvalue weighted by Crippen LogP contribution is -1.95. The van der Waals surface area contributed by atoms with Gasteiger partial charge in [0.15, 0.2) is 0 Å². The Bertz CT molecular complexity index is 1190. The van der Waals surface area contributed by atoms with Crippen LogP contribution in [0.1, 0.15) is 32.7 Å². The molecule has 0 radical (unpaired) electrons. The molecule has 0 bridgehead atoms. The summed E-state index contributed by atoms with van der Waals surface area (Å²) in [7, 11) is 0. The smallest absolute Gasteiger partial charge is 0.335 e. The topological polar surface area (TPSA) is 78.9 Å². The van der Waals surface area contributed by atoms with Crippen LogP contribution in [0, 0.1) is 0 Å². The molecule has 2 aromatic heterocycles. The van der Waals surface area contributed by atoms with Crippen molar-refractivity contribution >= 4 is 41.2 Å². The van der Waals surface area contributed by atoms with Crippen LogP contribution in [0.25, 0.3) is 35.2 Å². The first-order valence-electron chi connectivity index (χ1n) is 8.77. The molecule has 0 aliphatic heterocycles. The van der Waals surface area contributed by atoms with E-state index in [1.165, 1.54) is 0 Å². The maximum Gasteiger partial charge on any atom is 0.335 e. The van der Waals surface area contributed by atoms with Crippen molar-refractivity contribution in [1.29, 1.82) is 0 Å². The summed E-state index contributed by atoms with van der Waals surface area (Å²) in [5.41, 5.74) is 4.93. The number of hydrogen-bond acceptors (Lipinski definition) is 3. The van der Waals surface area contributed by atoms with Gasteiger partial charge in [-0.3, -0.25) is 10.1 Å². The SMILES string of the molecule is O=C(O)c1cccc(/C=C/c2ccc3[nH]nc(C=Cc4cccnc4)c3c2)c1. The van der Waals surface area contributed by atoms with E-state index in [-0.39, 0.29) is 5.56 Å². The van der Waals surface area contributed by atoms with Gasteiger partial charge in [0.25, 0.3) is 0 Å². The van der Waals surface area contributed by atoms with E-state index in [0.717, 1.165) is 33.3 Å². The standard InChI is InChI=1S/C23H17N3O2/c27-23(28)19-5-1-3-16(13-19)6-7-17-8-10-21-20(14-17)22(26-25-21)11-9-18-4-2-12-24-15-18/h1-15H,(H,25,26)(H,27,28)/b7-6+,11-9?. The average Bonchev–Trinajstić information content (AvgIpc) is 3.14. The minimum absolute atomic E-state index is 0.273. The molecule has 2 heterocycles. The molecule has 0 aliphatic carbocycles. The van der Waals surface area contributed by atoms with Crippen molar-refractivity contribution < 1.29 is 9.90 Å². The predicted octanol–water partition coefficient (Wildman–Crippen LogP) is 5.00. The highest BCUT2D eigenvalue weighted by Crippen LogP contribution is 2.21. The molecule has 2 N–H and O–H groups in total. The first-order valence-corrected chi connectivity index (χ1v) is 8.77. The number of H-pyrrole nitrogens is 1. The Morgan fingerprint density at radius 3 is 2.46 bits per heavy atom. The Labute approximate surface area is 161 Å². The second-order valence-electron chi connectivity index (χ2n) is 6.30. The highest BCUT2D eigenvalue weighted by Gasteiger charge is 2.04. The number of aromatic nitrogens is 3. The van der Waals surface area contributed by atoms with Gasteiger partial charge in [0.2, 0.25) is 0 Å². The predicted molar refractivity (Wildman–Crippen MR) is 112 cm³/mol. The average molecular weight is 367 g/mol. The van der Waals surface area contributed by atoms with E-state index in [2.05, 4.69) is 21.2 Å². The zero-order valence-corrected chi connectivity index (χ0v) is 14.9. The molecule has 4 aromatic rings. The number of fused-ring (bicyclic) bond motifs is 1. The van der Waals surface area contributed by atoms with Crippen molar-refractivity contribution in [1.82, 2.24) is 15.2 Å². The zero-order chi connectivity index (χ0) is 19.3. The second kappa shape index (κ2) is 7.72. The summed E-state index contributed by atoms with van der Waals surface area (Å²) in [4.78, 5) is 15.2. The molecule has 28 heavy (non-hydrogen) atoms. The van der Waals surface area contributed by atoms with Crippen molar-refractivity contribution in [3.63, 3.8) is 0 Å². The van der Waals surface area contributed by atoms with E-state index in [1.807, 2.05) is 54.6 Å². The summed E-state index contributed by atoms with van der Waals surface area (Å²) >= 11 is 0. The monoisotopic (exact) mass is 367 g/mol. The lowest BCUT2D eigenvalue weighted by molar-refractivity contribution is 0.0697. The largest absolute Gasteiger partial charge is 0.478 e. The van der Waals surface area contributed by atoms with Gasteiger partial charge < -0.3 is 5.11 Å². The summed E-state index contributed by atoms with van der Waals surface area (Å²) in [6, 6.07) is 16.8. The number of pyridine rings is 1. The quantitative estimate of drug-likeness (QED) is 0.487.